The van der Waals surface area contributed by atoms with E-state index >= 15 is 0 Å². The van der Waals surface area contributed by atoms with E-state index < -0.39 is 6.10 Å². The number of hydrogen-bond donors (Lipinski definition) is 1. The molecule has 1 N–H and O–H groups in total. The highest BCUT2D eigenvalue weighted by Crippen LogP contribution is 2.36. The number of aliphatic hydroxyl groups is 1. The molecule has 0 aliphatic rings. The number of thioether (sulfide) groups is 1. The van der Waals surface area contributed by atoms with Crippen LogP contribution in [-0.4, -0.2) is 26.5 Å². The van der Waals surface area contributed by atoms with Crippen LogP contribution < -0.4 is 0 Å². The standard InChI is InChI=1S/C24H22N2O3S/c1-17-24(18-8-4-2-5-9-18)22-14-19(26(28)29)12-13-23(22)25(17)15-20(27)16-30-21-10-6-3-7-11-21/h2-14,20,27H,15-16H2,1H3/t20-/m0/s1. The van der Waals surface area contributed by atoms with Crippen molar-refractivity contribution in [2.75, 3.05) is 5.75 Å². The summed E-state index contributed by atoms with van der Waals surface area (Å²) < 4.78 is 2.07. The zero-order valence-electron chi connectivity index (χ0n) is 16.6. The molecule has 3 aromatic carbocycles. The highest BCUT2D eigenvalue weighted by atomic mass is 32.2. The van der Waals surface area contributed by atoms with Crippen LogP contribution in [0.4, 0.5) is 5.69 Å². The first-order chi connectivity index (χ1) is 14.5. The van der Waals surface area contributed by atoms with Crippen LogP contribution in [0.3, 0.4) is 0 Å². The van der Waals surface area contributed by atoms with E-state index in [1.807, 2.05) is 67.6 Å². The SMILES string of the molecule is Cc1c(-c2ccccc2)c2cc([N+](=O)[O-])ccc2n1C[C@H](O)CSc1ccccc1. The molecule has 4 aromatic rings. The fourth-order valence-electron chi connectivity index (χ4n) is 3.76. The molecular weight excluding hydrogens is 396 g/mol. The summed E-state index contributed by atoms with van der Waals surface area (Å²) in [5.74, 6) is 0.566. The first kappa shape index (κ1) is 20.2. The molecule has 0 spiro atoms. The van der Waals surface area contributed by atoms with Crippen molar-refractivity contribution < 1.29 is 10.0 Å². The Hall–Kier alpha value is -3.09. The van der Waals surface area contributed by atoms with Gasteiger partial charge >= 0.3 is 0 Å². The Morgan fingerprint density at radius 3 is 2.37 bits per heavy atom. The predicted molar refractivity (Wildman–Crippen MR) is 122 cm³/mol. The van der Waals surface area contributed by atoms with Gasteiger partial charge in [-0.1, -0.05) is 48.5 Å². The van der Waals surface area contributed by atoms with Gasteiger partial charge in [0.25, 0.3) is 5.69 Å². The Labute approximate surface area is 179 Å². The Kier molecular flexibility index (Phi) is 5.88. The minimum Gasteiger partial charge on any atom is -0.390 e. The minimum atomic E-state index is -0.552. The third-order valence-corrected chi connectivity index (χ3v) is 6.32. The molecule has 0 saturated heterocycles. The lowest BCUT2D eigenvalue weighted by atomic mass is 10.0. The summed E-state index contributed by atoms with van der Waals surface area (Å²) in [6.45, 7) is 2.43. The lowest BCUT2D eigenvalue weighted by Gasteiger charge is -2.15. The van der Waals surface area contributed by atoms with Crippen molar-refractivity contribution in [2.24, 2.45) is 0 Å². The van der Waals surface area contributed by atoms with Crippen molar-refractivity contribution in [1.82, 2.24) is 4.57 Å². The van der Waals surface area contributed by atoms with Crippen LogP contribution in [0.25, 0.3) is 22.0 Å². The van der Waals surface area contributed by atoms with E-state index in [2.05, 4.69) is 4.57 Å². The molecule has 152 valence electrons. The zero-order valence-corrected chi connectivity index (χ0v) is 17.4. The van der Waals surface area contributed by atoms with Crippen molar-refractivity contribution >= 4 is 28.4 Å². The van der Waals surface area contributed by atoms with E-state index in [1.165, 1.54) is 6.07 Å². The smallest absolute Gasteiger partial charge is 0.270 e. The molecule has 30 heavy (non-hydrogen) atoms. The lowest BCUT2D eigenvalue weighted by molar-refractivity contribution is -0.384. The topological polar surface area (TPSA) is 68.3 Å². The summed E-state index contributed by atoms with van der Waals surface area (Å²) in [7, 11) is 0. The average Bonchev–Trinajstić information content (AvgIpc) is 3.04. The fourth-order valence-corrected chi connectivity index (χ4v) is 4.60. The third-order valence-electron chi connectivity index (χ3n) is 5.16. The van der Waals surface area contributed by atoms with Gasteiger partial charge in [0, 0.05) is 51.5 Å². The maximum absolute atomic E-state index is 11.3. The van der Waals surface area contributed by atoms with Crippen LogP contribution >= 0.6 is 11.8 Å². The maximum Gasteiger partial charge on any atom is 0.270 e. The summed E-state index contributed by atoms with van der Waals surface area (Å²) in [5, 5.41) is 22.9. The van der Waals surface area contributed by atoms with Gasteiger partial charge in [-0.25, -0.2) is 0 Å². The van der Waals surface area contributed by atoms with E-state index in [0.29, 0.717) is 12.3 Å². The largest absolute Gasteiger partial charge is 0.390 e. The number of nitro benzene ring substituents is 1. The maximum atomic E-state index is 11.3. The van der Waals surface area contributed by atoms with Gasteiger partial charge in [0.1, 0.15) is 0 Å². The van der Waals surface area contributed by atoms with Crippen LogP contribution in [-0.2, 0) is 6.54 Å². The molecule has 1 heterocycles. The summed E-state index contributed by atoms with van der Waals surface area (Å²) in [4.78, 5) is 12.1. The second-order valence-corrected chi connectivity index (χ2v) is 8.27. The molecule has 1 atom stereocenters. The second-order valence-electron chi connectivity index (χ2n) is 7.17. The highest BCUT2D eigenvalue weighted by Gasteiger charge is 2.20. The van der Waals surface area contributed by atoms with Crippen LogP contribution in [0, 0.1) is 17.0 Å². The molecule has 0 fully saturated rings. The summed E-state index contributed by atoms with van der Waals surface area (Å²) in [6.07, 6.45) is -0.552. The minimum absolute atomic E-state index is 0.0667. The van der Waals surface area contributed by atoms with Gasteiger partial charge in [0.05, 0.1) is 11.0 Å². The molecule has 0 amide bonds. The number of fused-ring (bicyclic) bond motifs is 1. The molecule has 0 saturated carbocycles. The number of nitro groups is 1. The number of hydrogen-bond acceptors (Lipinski definition) is 4. The molecule has 1 aromatic heterocycles. The van der Waals surface area contributed by atoms with Gasteiger partial charge in [-0.15, -0.1) is 11.8 Å². The van der Waals surface area contributed by atoms with Crippen LogP contribution in [0.2, 0.25) is 0 Å². The van der Waals surface area contributed by atoms with Gasteiger partial charge < -0.3 is 9.67 Å². The lowest BCUT2D eigenvalue weighted by Crippen LogP contribution is -2.19. The number of rotatable bonds is 7. The molecular formula is C24H22N2O3S. The molecule has 0 radical (unpaired) electrons. The first-order valence-electron chi connectivity index (χ1n) is 9.73. The van der Waals surface area contributed by atoms with Gasteiger partial charge in [0.2, 0.25) is 0 Å². The van der Waals surface area contributed by atoms with Crippen molar-refractivity contribution in [1.29, 1.82) is 0 Å². The van der Waals surface area contributed by atoms with Gasteiger partial charge in [-0.3, -0.25) is 10.1 Å². The monoisotopic (exact) mass is 418 g/mol. The van der Waals surface area contributed by atoms with E-state index in [4.69, 9.17) is 0 Å². The van der Waals surface area contributed by atoms with Crippen LogP contribution in [0.5, 0.6) is 0 Å². The van der Waals surface area contributed by atoms with Crippen molar-refractivity contribution in [3.05, 3.63) is 94.7 Å². The normalized spacial score (nSPS) is 12.2. The Bertz CT molecular complexity index is 1170. The van der Waals surface area contributed by atoms with Gasteiger partial charge in [0.15, 0.2) is 0 Å². The van der Waals surface area contributed by atoms with Crippen LogP contribution in [0.15, 0.2) is 83.8 Å². The van der Waals surface area contributed by atoms with Gasteiger partial charge in [-0.05, 0) is 30.7 Å². The van der Waals surface area contributed by atoms with Crippen molar-refractivity contribution in [3.63, 3.8) is 0 Å². The predicted octanol–water partition coefficient (Wildman–Crippen LogP) is 5.68. The van der Waals surface area contributed by atoms with E-state index in [-0.39, 0.29) is 10.6 Å². The summed E-state index contributed by atoms with van der Waals surface area (Å²) in [6, 6.07) is 24.8. The molecule has 5 nitrogen and oxygen atoms in total. The molecule has 6 heteroatoms. The summed E-state index contributed by atoms with van der Waals surface area (Å²) >= 11 is 1.62. The van der Waals surface area contributed by atoms with Crippen molar-refractivity contribution in [3.8, 4) is 11.1 Å². The molecule has 4 rings (SSSR count). The quantitative estimate of drug-likeness (QED) is 0.238. The Morgan fingerprint density at radius 1 is 1.03 bits per heavy atom. The average molecular weight is 419 g/mol. The van der Waals surface area contributed by atoms with E-state index in [9.17, 15) is 15.2 Å². The summed E-state index contributed by atoms with van der Waals surface area (Å²) in [5.41, 5.74) is 3.92. The number of benzene rings is 3. The Morgan fingerprint density at radius 2 is 1.70 bits per heavy atom. The number of nitrogens with zero attached hydrogens (tertiary/aromatic N) is 2. The number of aromatic nitrogens is 1. The third kappa shape index (κ3) is 4.10. The fraction of sp³-hybridized carbons (Fsp3) is 0.167. The highest BCUT2D eigenvalue weighted by molar-refractivity contribution is 7.99. The second kappa shape index (κ2) is 8.73. The molecule has 0 unspecified atom stereocenters. The molecule has 0 bridgehead atoms. The zero-order chi connectivity index (χ0) is 21.1. The van der Waals surface area contributed by atoms with Crippen LogP contribution in [0.1, 0.15) is 5.69 Å². The van der Waals surface area contributed by atoms with E-state index in [0.717, 1.165) is 32.6 Å². The van der Waals surface area contributed by atoms with Gasteiger partial charge in [-0.2, -0.15) is 0 Å². The molecule has 0 aliphatic heterocycles. The van der Waals surface area contributed by atoms with Crippen molar-refractivity contribution in [2.45, 2.75) is 24.5 Å². The van der Waals surface area contributed by atoms with E-state index in [1.54, 1.807) is 23.9 Å². The number of aliphatic hydroxyl groups excluding tert-OH is 1. The molecule has 0 aliphatic carbocycles. The number of non-ortho nitro benzene ring substituents is 1. The Balaban J connectivity index is 1.70. The first-order valence-corrected chi connectivity index (χ1v) is 10.7.